The molecule has 0 aliphatic carbocycles. The molecular formula is C18H20ClN3O4. The first-order valence-electron chi connectivity index (χ1n) is 8.13. The highest BCUT2D eigenvalue weighted by molar-refractivity contribution is 6.34. The lowest BCUT2D eigenvalue weighted by atomic mass is 10.2. The number of pyridine rings is 1. The zero-order chi connectivity index (χ0) is 18.9. The Labute approximate surface area is 156 Å². The summed E-state index contributed by atoms with van der Waals surface area (Å²) in [6, 6.07) is 9.79. The van der Waals surface area contributed by atoms with E-state index in [0.29, 0.717) is 30.5 Å². The summed E-state index contributed by atoms with van der Waals surface area (Å²) in [5.74, 6) is 0.201. The fourth-order valence-corrected chi connectivity index (χ4v) is 2.22. The highest BCUT2D eigenvalue weighted by Crippen LogP contribution is 2.21. The molecule has 0 saturated carbocycles. The number of nitrogens with zero attached hydrogens (tertiary/aromatic N) is 1. The third kappa shape index (κ3) is 5.63. The number of likely N-dealkylation sites (N-methyl/N-ethyl adjacent to an activating group) is 1. The number of ether oxygens (including phenoxy) is 2. The third-order valence-electron chi connectivity index (χ3n) is 3.18. The van der Waals surface area contributed by atoms with Crippen LogP contribution in [0.2, 0.25) is 5.02 Å². The molecule has 2 aromatic rings. The summed E-state index contributed by atoms with van der Waals surface area (Å²) in [5, 5.41) is 5.57. The van der Waals surface area contributed by atoms with E-state index >= 15 is 0 Å². The van der Waals surface area contributed by atoms with E-state index in [4.69, 9.17) is 21.1 Å². The molecule has 1 aromatic carbocycles. The van der Waals surface area contributed by atoms with Crippen molar-refractivity contribution in [1.82, 2.24) is 10.3 Å². The van der Waals surface area contributed by atoms with Crippen molar-refractivity contribution in [2.24, 2.45) is 0 Å². The third-order valence-corrected chi connectivity index (χ3v) is 3.49. The summed E-state index contributed by atoms with van der Waals surface area (Å²) in [5.41, 5.74) is 0.620. The maximum Gasteiger partial charge on any atom is 0.275 e. The van der Waals surface area contributed by atoms with Gasteiger partial charge in [0.15, 0.2) is 12.3 Å². The fraction of sp³-hybridized carbons (Fsp3) is 0.278. The molecule has 0 radical (unpaired) electrons. The Bertz CT molecular complexity index is 766. The zero-order valence-corrected chi connectivity index (χ0v) is 15.3. The van der Waals surface area contributed by atoms with Gasteiger partial charge in [-0.3, -0.25) is 9.59 Å². The van der Waals surface area contributed by atoms with Gasteiger partial charge in [-0.05, 0) is 44.2 Å². The van der Waals surface area contributed by atoms with Crippen LogP contribution in [-0.2, 0) is 4.79 Å². The van der Waals surface area contributed by atoms with Crippen molar-refractivity contribution >= 4 is 29.1 Å². The van der Waals surface area contributed by atoms with Crippen LogP contribution in [0.25, 0.3) is 0 Å². The monoisotopic (exact) mass is 377 g/mol. The van der Waals surface area contributed by atoms with Crippen LogP contribution < -0.4 is 20.1 Å². The summed E-state index contributed by atoms with van der Waals surface area (Å²) in [7, 11) is 0. The Morgan fingerprint density at radius 2 is 1.81 bits per heavy atom. The van der Waals surface area contributed by atoms with Gasteiger partial charge < -0.3 is 20.1 Å². The number of amides is 2. The SMILES string of the molecule is CCNC(=O)COc1ccc(NC(=O)c2nc(OCC)ccc2Cl)cc1. The minimum atomic E-state index is -0.451. The lowest BCUT2D eigenvalue weighted by Gasteiger charge is -2.09. The van der Waals surface area contributed by atoms with E-state index in [1.807, 2.05) is 13.8 Å². The lowest BCUT2D eigenvalue weighted by molar-refractivity contribution is -0.122. The Morgan fingerprint density at radius 1 is 1.08 bits per heavy atom. The molecule has 0 fully saturated rings. The van der Waals surface area contributed by atoms with Gasteiger partial charge in [-0.25, -0.2) is 4.98 Å². The second-order valence-corrected chi connectivity index (χ2v) is 5.54. The van der Waals surface area contributed by atoms with Gasteiger partial charge in [0.1, 0.15) is 5.75 Å². The van der Waals surface area contributed by atoms with Crippen LogP contribution in [0.5, 0.6) is 11.6 Å². The van der Waals surface area contributed by atoms with E-state index in [9.17, 15) is 9.59 Å². The van der Waals surface area contributed by atoms with E-state index in [2.05, 4.69) is 15.6 Å². The number of anilines is 1. The first kappa shape index (κ1) is 19.5. The van der Waals surface area contributed by atoms with Gasteiger partial charge in [0.2, 0.25) is 5.88 Å². The molecule has 0 unspecified atom stereocenters. The van der Waals surface area contributed by atoms with Gasteiger partial charge in [-0.15, -0.1) is 0 Å². The molecule has 0 bridgehead atoms. The topological polar surface area (TPSA) is 89.6 Å². The number of carbonyl (C=O) groups excluding carboxylic acids is 2. The van der Waals surface area contributed by atoms with Crippen LogP contribution in [0.4, 0.5) is 5.69 Å². The predicted molar refractivity (Wildman–Crippen MR) is 99.0 cm³/mol. The van der Waals surface area contributed by atoms with Crippen LogP contribution >= 0.6 is 11.6 Å². The van der Waals surface area contributed by atoms with Crippen LogP contribution in [0.15, 0.2) is 36.4 Å². The van der Waals surface area contributed by atoms with Gasteiger partial charge in [-0.2, -0.15) is 0 Å². The van der Waals surface area contributed by atoms with Crippen LogP contribution in [0, 0.1) is 0 Å². The number of hydrogen-bond donors (Lipinski definition) is 2. The molecule has 1 heterocycles. The first-order valence-corrected chi connectivity index (χ1v) is 8.51. The molecule has 0 atom stereocenters. The van der Waals surface area contributed by atoms with Crippen molar-refractivity contribution in [3.8, 4) is 11.6 Å². The molecule has 138 valence electrons. The van der Waals surface area contributed by atoms with Gasteiger partial charge in [0.05, 0.1) is 11.6 Å². The van der Waals surface area contributed by atoms with Crippen LogP contribution in [0.3, 0.4) is 0 Å². The van der Waals surface area contributed by atoms with E-state index in [1.165, 1.54) is 0 Å². The second-order valence-electron chi connectivity index (χ2n) is 5.13. The standard InChI is InChI=1S/C18H20ClN3O4/c1-3-20-15(23)11-26-13-7-5-12(6-8-13)21-18(24)17-14(19)9-10-16(22-17)25-4-2/h5-10H,3-4,11H2,1-2H3,(H,20,23)(H,21,24). The van der Waals surface area contributed by atoms with Crippen molar-refractivity contribution in [3.05, 3.63) is 47.1 Å². The molecule has 2 rings (SSSR count). The molecule has 0 aliphatic rings. The highest BCUT2D eigenvalue weighted by atomic mass is 35.5. The van der Waals surface area contributed by atoms with Crippen molar-refractivity contribution in [3.63, 3.8) is 0 Å². The average molecular weight is 378 g/mol. The predicted octanol–water partition coefficient (Wildman–Crippen LogP) is 2.90. The molecule has 8 heteroatoms. The first-order chi connectivity index (χ1) is 12.5. The Morgan fingerprint density at radius 3 is 2.46 bits per heavy atom. The van der Waals surface area contributed by atoms with E-state index in [0.717, 1.165) is 0 Å². The molecule has 0 saturated heterocycles. The summed E-state index contributed by atoms with van der Waals surface area (Å²) < 4.78 is 10.6. The van der Waals surface area contributed by atoms with Crippen LogP contribution in [0.1, 0.15) is 24.3 Å². The Kier molecular flexibility index (Phi) is 7.23. The number of aromatic nitrogens is 1. The summed E-state index contributed by atoms with van der Waals surface area (Å²) >= 11 is 6.04. The van der Waals surface area contributed by atoms with Crippen molar-refractivity contribution in [1.29, 1.82) is 0 Å². The maximum atomic E-state index is 12.4. The van der Waals surface area contributed by atoms with E-state index in [1.54, 1.807) is 36.4 Å². The second kappa shape index (κ2) is 9.62. The molecular weight excluding hydrogens is 358 g/mol. The number of hydrogen-bond acceptors (Lipinski definition) is 5. The molecule has 7 nitrogen and oxygen atoms in total. The van der Waals surface area contributed by atoms with E-state index in [-0.39, 0.29) is 23.2 Å². The Hall–Kier alpha value is -2.80. The van der Waals surface area contributed by atoms with Crippen molar-refractivity contribution < 1.29 is 19.1 Å². The number of halogens is 1. The minimum absolute atomic E-state index is 0.0662. The maximum absolute atomic E-state index is 12.4. The molecule has 0 spiro atoms. The number of carbonyl (C=O) groups is 2. The normalized spacial score (nSPS) is 10.1. The molecule has 0 aliphatic heterocycles. The highest BCUT2D eigenvalue weighted by Gasteiger charge is 2.14. The van der Waals surface area contributed by atoms with Crippen LogP contribution in [-0.4, -0.2) is 36.6 Å². The smallest absolute Gasteiger partial charge is 0.275 e. The quantitative estimate of drug-likeness (QED) is 0.738. The number of nitrogens with one attached hydrogen (secondary N) is 2. The fourth-order valence-electron chi connectivity index (χ4n) is 2.03. The zero-order valence-electron chi connectivity index (χ0n) is 14.5. The van der Waals surface area contributed by atoms with Gasteiger partial charge in [0.25, 0.3) is 11.8 Å². The molecule has 1 aromatic heterocycles. The number of benzene rings is 1. The summed E-state index contributed by atoms with van der Waals surface area (Å²) in [6.07, 6.45) is 0. The van der Waals surface area contributed by atoms with Crippen molar-refractivity contribution in [2.75, 3.05) is 25.1 Å². The average Bonchev–Trinajstić information content (AvgIpc) is 2.63. The van der Waals surface area contributed by atoms with E-state index < -0.39 is 5.91 Å². The largest absolute Gasteiger partial charge is 0.484 e. The molecule has 2 N–H and O–H groups in total. The Balaban J connectivity index is 1.99. The molecule has 2 amide bonds. The summed E-state index contributed by atoms with van der Waals surface area (Å²) in [4.78, 5) is 27.8. The van der Waals surface area contributed by atoms with Crippen molar-refractivity contribution in [2.45, 2.75) is 13.8 Å². The molecule has 26 heavy (non-hydrogen) atoms. The number of rotatable bonds is 8. The van der Waals surface area contributed by atoms with Gasteiger partial charge in [-0.1, -0.05) is 11.6 Å². The minimum Gasteiger partial charge on any atom is -0.484 e. The van der Waals surface area contributed by atoms with Gasteiger partial charge >= 0.3 is 0 Å². The lowest BCUT2D eigenvalue weighted by Crippen LogP contribution is -2.28. The van der Waals surface area contributed by atoms with Gasteiger partial charge in [0, 0.05) is 18.3 Å². The summed E-state index contributed by atoms with van der Waals surface area (Å²) in [6.45, 7) is 4.58.